The second-order valence-corrected chi connectivity index (χ2v) is 11.6. The number of carboxylic acids is 1. The monoisotopic (exact) mass is 605 g/mol. The van der Waals surface area contributed by atoms with Gasteiger partial charge in [-0.2, -0.15) is 5.10 Å². The molecule has 2 aromatic rings. The Labute approximate surface area is 240 Å². The van der Waals surface area contributed by atoms with Crippen molar-refractivity contribution in [3.63, 3.8) is 0 Å². The molecule has 218 valence electrons. The molecule has 0 radical (unpaired) electrons. The van der Waals surface area contributed by atoms with Gasteiger partial charge in [-0.3, -0.25) is 19.4 Å². The number of anilines is 2. The molecule has 0 aliphatic carbocycles. The van der Waals surface area contributed by atoms with E-state index in [1.165, 1.54) is 41.3 Å². The fourth-order valence-electron chi connectivity index (χ4n) is 3.81. The number of carbonyl (C=O) groups excluding carboxylic acids is 3. The fourth-order valence-corrected chi connectivity index (χ4v) is 5.20. The predicted octanol–water partition coefficient (Wildman–Crippen LogP) is 0.404. The highest BCUT2D eigenvalue weighted by molar-refractivity contribution is 7.91. The second-order valence-electron chi connectivity index (χ2n) is 8.88. The fraction of sp³-hybridized carbons (Fsp3) is 0.240. The summed E-state index contributed by atoms with van der Waals surface area (Å²) in [6, 6.07) is 8.61. The predicted molar refractivity (Wildman–Crippen MR) is 154 cm³/mol. The van der Waals surface area contributed by atoms with Crippen LogP contribution in [-0.4, -0.2) is 79.1 Å². The normalized spacial score (nSPS) is 15.4. The van der Waals surface area contributed by atoms with Gasteiger partial charge in [0.2, 0.25) is 17.7 Å². The van der Waals surface area contributed by atoms with E-state index in [0.717, 1.165) is 17.4 Å². The first-order chi connectivity index (χ1) is 19.4. The maximum Gasteiger partial charge on any atom is 0.335 e. The Hall–Kier alpha value is -4.47. The van der Waals surface area contributed by atoms with Gasteiger partial charge < -0.3 is 26.5 Å². The second kappa shape index (κ2) is 13.7. The molecule has 1 fully saturated rings. The van der Waals surface area contributed by atoms with Crippen molar-refractivity contribution in [2.45, 2.75) is 12.5 Å². The lowest BCUT2D eigenvalue weighted by atomic mass is 10.1. The van der Waals surface area contributed by atoms with Crippen molar-refractivity contribution < 1.29 is 32.7 Å². The van der Waals surface area contributed by atoms with Gasteiger partial charge in [0.15, 0.2) is 9.84 Å². The third-order valence-electron chi connectivity index (χ3n) is 5.98. The highest BCUT2D eigenvalue weighted by atomic mass is 35.5. The zero-order valence-corrected chi connectivity index (χ0v) is 23.1. The van der Waals surface area contributed by atoms with Gasteiger partial charge in [0, 0.05) is 35.4 Å². The summed E-state index contributed by atoms with van der Waals surface area (Å²) in [7, 11) is -3.24. The number of amides is 3. The van der Waals surface area contributed by atoms with Gasteiger partial charge in [-0.25, -0.2) is 19.1 Å². The van der Waals surface area contributed by atoms with Crippen molar-refractivity contribution in [2.75, 3.05) is 34.9 Å². The molecular weight excluding hydrogens is 578 g/mol. The van der Waals surface area contributed by atoms with Crippen LogP contribution < -0.4 is 27.3 Å². The van der Waals surface area contributed by atoms with Crippen LogP contribution in [0.25, 0.3) is 6.08 Å². The molecule has 7 N–H and O–H groups in total. The van der Waals surface area contributed by atoms with Crippen LogP contribution in [0.4, 0.5) is 11.4 Å². The average Bonchev–Trinajstić information content (AvgIpc) is 2.91. The summed E-state index contributed by atoms with van der Waals surface area (Å²) < 4.78 is 23.5. The molecule has 1 saturated heterocycles. The SMILES string of the molecule is N/N=C\N(N)c1ccc(Cl)cc1/C=C/C(=O)N[C@@H](CC(=O)N1CCS(=O)(=O)CC1)C(=O)Nc1ccc(C(=O)O)cc1. The maximum atomic E-state index is 13.1. The molecule has 41 heavy (non-hydrogen) atoms. The van der Waals surface area contributed by atoms with E-state index in [2.05, 4.69) is 15.7 Å². The number of benzene rings is 2. The molecule has 3 amide bonds. The van der Waals surface area contributed by atoms with Crippen LogP contribution in [0.1, 0.15) is 22.3 Å². The number of hydrazone groups is 1. The van der Waals surface area contributed by atoms with E-state index < -0.39 is 46.0 Å². The molecule has 14 nitrogen and oxygen atoms in total. The zero-order valence-electron chi connectivity index (χ0n) is 21.6. The molecular formula is C25H28ClN7O7S. The third-order valence-corrected chi connectivity index (χ3v) is 7.83. The number of nitrogens with one attached hydrogen (secondary N) is 2. The van der Waals surface area contributed by atoms with E-state index in [-0.39, 0.29) is 35.8 Å². The molecule has 0 unspecified atom stereocenters. The number of nitrogens with two attached hydrogens (primary N) is 2. The Morgan fingerprint density at radius 2 is 1.78 bits per heavy atom. The van der Waals surface area contributed by atoms with E-state index in [4.69, 9.17) is 28.4 Å². The van der Waals surface area contributed by atoms with Crippen molar-refractivity contribution in [3.8, 4) is 0 Å². The Morgan fingerprint density at radius 1 is 1.12 bits per heavy atom. The van der Waals surface area contributed by atoms with Gasteiger partial charge in [0.05, 0.1) is 29.2 Å². The summed E-state index contributed by atoms with van der Waals surface area (Å²) in [6.45, 7) is -0.0571. The molecule has 1 aliphatic rings. The summed E-state index contributed by atoms with van der Waals surface area (Å²) in [5.41, 5.74) is 1.06. The minimum absolute atomic E-state index is 0.00221. The highest BCUT2D eigenvalue weighted by Gasteiger charge is 2.30. The minimum Gasteiger partial charge on any atom is -0.478 e. The molecule has 0 spiro atoms. The smallest absolute Gasteiger partial charge is 0.335 e. The topological polar surface area (TPSA) is 218 Å². The first kappa shape index (κ1) is 31.1. The standard InChI is InChI=1S/C25H28ClN7O7S/c26-18-4-7-21(33(28)15-29-27)17(13-18)3-8-22(34)31-20(14-23(35)32-9-11-41(39,40)12-10-32)24(36)30-19-5-1-16(2-6-19)25(37)38/h1-8,13,15,20H,9-12,14,27-28H2,(H,30,36)(H,31,34)(H,37,38)/b8-3+,29-15-/t20-/m0/s1. The van der Waals surface area contributed by atoms with E-state index in [1.54, 1.807) is 12.1 Å². The quantitative estimate of drug-likeness (QED) is 0.0825. The summed E-state index contributed by atoms with van der Waals surface area (Å²) in [5.74, 6) is 7.48. The molecule has 1 atom stereocenters. The molecule has 0 bridgehead atoms. The van der Waals surface area contributed by atoms with E-state index in [0.29, 0.717) is 16.3 Å². The highest BCUT2D eigenvalue weighted by Crippen LogP contribution is 2.23. The van der Waals surface area contributed by atoms with Gasteiger partial charge in [0.1, 0.15) is 12.4 Å². The third kappa shape index (κ3) is 9.02. The van der Waals surface area contributed by atoms with Crippen molar-refractivity contribution in [1.82, 2.24) is 10.2 Å². The maximum absolute atomic E-state index is 13.1. The number of hydrogen-bond acceptors (Lipinski definition) is 9. The summed E-state index contributed by atoms with van der Waals surface area (Å²) in [6.07, 6.45) is 3.19. The number of rotatable bonds is 10. The first-order valence-electron chi connectivity index (χ1n) is 12.1. The van der Waals surface area contributed by atoms with Gasteiger partial charge in [-0.05, 0) is 48.5 Å². The van der Waals surface area contributed by atoms with Gasteiger partial charge in [-0.1, -0.05) is 11.6 Å². The Morgan fingerprint density at radius 3 is 2.39 bits per heavy atom. The summed E-state index contributed by atoms with van der Waals surface area (Å²) >= 11 is 6.08. The van der Waals surface area contributed by atoms with Crippen LogP contribution >= 0.6 is 11.6 Å². The van der Waals surface area contributed by atoms with Gasteiger partial charge in [0.25, 0.3) is 0 Å². The largest absolute Gasteiger partial charge is 0.478 e. The van der Waals surface area contributed by atoms with Crippen LogP contribution in [0, 0.1) is 0 Å². The number of nitrogens with zero attached hydrogens (tertiary/aromatic N) is 3. The van der Waals surface area contributed by atoms with Crippen molar-refractivity contribution in [1.29, 1.82) is 0 Å². The molecule has 1 heterocycles. The molecule has 3 rings (SSSR count). The number of carbonyl (C=O) groups is 4. The zero-order chi connectivity index (χ0) is 30.2. The number of sulfone groups is 1. The lowest BCUT2D eigenvalue weighted by molar-refractivity contribution is -0.134. The Balaban J connectivity index is 1.79. The number of carboxylic acid groups (broad SMARTS) is 1. The average molecular weight is 606 g/mol. The van der Waals surface area contributed by atoms with Crippen molar-refractivity contribution in [3.05, 3.63) is 64.7 Å². The molecule has 16 heteroatoms. The van der Waals surface area contributed by atoms with Gasteiger partial charge in [-0.15, -0.1) is 0 Å². The lowest BCUT2D eigenvalue weighted by Crippen LogP contribution is -2.49. The van der Waals surface area contributed by atoms with Crippen LogP contribution in [0.15, 0.2) is 53.6 Å². The number of aromatic carboxylic acids is 1. The van der Waals surface area contributed by atoms with Crippen LogP contribution in [0.5, 0.6) is 0 Å². The lowest BCUT2D eigenvalue weighted by Gasteiger charge is -2.28. The molecule has 1 aliphatic heterocycles. The van der Waals surface area contributed by atoms with Gasteiger partial charge >= 0.3 is 5.97 Å². The molecule has 2 aromatic carbocycles. The minimum atomic E-state index is -3.24. The van der Waals surface area contributed by atoms with Crippen LogP contribution in [0.3, 0.4) is 0 Å². The summed E-state index contributed by atoms with van der Waals surface area (Å²) in [5, 5.41) is 18.9. The van der Waals surface area contributed by atoms with Crippen LogP contribution in [0.2, 0.25) is 5.02 Å². The number of hydrogen-bond donors (Lipinski definition) is 5. The Kier molecular flexibility index (Phi) is 10.4. The van der Waals surface area contributed by atoms with E-state index in [1.807, 2.05) is 0 Å². The number of hydrazine groups is 1. The van der Waals surface area contributed by atoms with E-state index >= 15 is 0 Å². The molecule has 0 aromatic heterocycles. The van der Waals surface area contributed by atoms with Crippen molar-refractivity contribution in [2.24, 2.45) is 16.8 Å². The van der Waals surface area contributed by atoms with Crippen molar-refractivity contribution >= 4 is 68.9 Å². The molecule has 0 saturated carbocycles. The Bertz CT molecular complexity index is 1470. The number of halogens is 1. The van der Waals surface area contributed by atoms with Crippen LogP contribution in [-0.2, 0) is 24.2 Å². The first-order valence-corrected chi connectivity index (χ1v) is 14.3. The summed E-state index contributed by atoms with van der Waals surface area (Å²) in [4.78, 5) is 51.3. The van der Waals surface area contributed by atoms with E-state index in [9.17, 15) is 27.6 Å².